The first-order valence-corrected chi connectivity index (χ1v) is 7.83. The number of amides is 3. The van der Waals surface area contributed by atoms with E-state index in [9.17, 15) is 14.0 Å². The lowest BCUT2D eigenvalue weighted by Gasteiger charge is -2.24. The number of benzene rings is 2. The Morgan fingerprint density at radius 1 is 1.00 bits per heavy atom. The quantitative estimate of drug-likeness (QED) is 0.907. The van der Waals surface area contributed by atoms with Crippen molar-refractivity contribution in [1.82, 2.24) is 4.90 Å². The number of para-hydroxylation sites is 2. The number of anilines is 2. The number of halogens is 1. The van der Waals surface area contributed by atoms with Crippen LogP contribution in [0.2, 0.25) is 0 Å². The largest absolute Gasteiger partial charge is 0.324 e. The van der Waals surface area contributed by atoms with Crippen LogP contribution in [0.4, 0.5) is 20.6 Å². The Hall–Kier alpha value is -2.89. The molecule has 2 aromatic rings. The van der Waals surface area contributed by atoms with Crippen molar-refractivity contribution in [2.24, 2.45) is 0 Å². The lowest BCUT2D eigenvalue weighted by Crippen LogP contribution is -2.45. The molecule has 2 aromatic carbocycles. The Kier molecular flexibility index (Phi) is 4.74. The van der Waals surface area contributed by atoms with E-state index in [4.69, 9.17) is 0 Å². The second-order valence-electron chi connectivity index (χ2n) is 5.62. The summed E-state index contributed by atoms with van der Waals surface area (Å²) in [6.07, 6.45) is 1.32. The van der Waals surface area contributed by atoms with Gasteiger partial charge < -0.3 is 15.5 Å². The van der Waals surface area contributed by atoms with Gasteiger partial charge in [-0.3, -0.25) is 4.79 Å². The molecular weight excluding hydrogens is 309 g/mol. The van der Waals surface area contributed by atoms with Crippen molar-refractivity contribution in [3.8, 4) is 0 Å². The van der Waals surface area contributed by atoms with Gasteiger partial charge in [0.1, 0.15) is 11.9 Å². The summed E-state index contributed by atoms with van der Waals surface area (Å²) in [5, 5.41) is 5.34. The summed E-state index contributed by atoms with van der Waals surface area (Å²) in [7, 11) is 0. The van der Waals surface area contributed by atoms with Crippen molar-refractivity contribution in [1.29, 1.82) is 0 Å². The minimum atomic E-state index is -0.558. The Bertz CT molecular complexity index is 736. The zero-order valence-electron chi connectivity index (χ0n) is 13.0. The molecule has 1 aliphatic rings. The van der Waals surface area contributed by atoms with Gasteiger partial charge in [0, 0.05) is 12.2 Å². The van der Waals surface area contributed by atoms with Gasteiger partial charge in [-0.2, -0.15) is 0 Å². The molecule has 0 saturated carbocycles. The highest BCUT2D eigenvalue weighted by atomic mass is 19.1. The van der Waals surface area contributed by atoms with Crippen LogP contribution in [0.5, 0.6) is 0 Å². The highest BCUT2D eigenvalue weighted by Gasteiger charge is 2.34. The summed E-state index contributed by atoms with van der Waals surface area (Å²) in [4.78, 5) is 26.3. The number of hydrogen-bond acceptors (Lipinski definition) is 2. The van der Waals surface area contributed by atoms with E-state index in [0.717, 1.165) is 6.42 Å². The highest BCUT2D eigenvalue weighted by Crippen LogP contribution is 2.21. The molecule has 1 atom stereocenters. The fourth-order valence-corrected chi connectivity index (χ4v) is 2.78. The van der Waals surface area contributed by atoms with Crippen molar-refractivity contribution in [3.05, 3.63) is 60.4 Å². The lowest BCUT2D eigenvalue weighted by atomic mass is 10.2. The first-order valence-electron chi connectivity index (χ1n) is 7.83. The molecule has 3 amide bonds. The van der Waals surface area contributed by atoms with Gasteiger partial charge in [-0.05, 0) is 37.1 Å². The van der Waals surface area contributed by atoms with Crippen LogP contribution in [0.1, 0.15) is 12.8 Å². The van der Waals surface area contributed by atoms with E-state index in [-0.39, 0.29) is 11.6 Å². The van der Waals surface area contributed by atoms with Crippen molar-refractivity contribution >= 4 is 23.3 Å². The summed E-state index contributed by atoms with van der Waals surface area (Å²) in [6.45, 7) is 0.465. The summed E-state index contributed by atoms with van der Waals surface area (Å²) in [6, 6.07) is 14.0. The van der Waals surface area contributed by atoms with Gasteiger partial charge in [0.25, 0.3) is 0 Å². The molecule has 1 aliphatic heterocycles. The zero-order chi connectivity index (χ0) is 16.9. The van der Waals surface area contributed by atoms with Crippen LogP contribution in [-0.2, 0) is 4.79 Å². The molecule has 0 bridgehead atoms. The summed E-state index contributed by atoms with van der Waals surface area (Å²) in [5.41, 5.74) is 0.792. The van der Waals surface area contributed by atoms with E-state index in [0.29, 0.717) is 18.7 Å². The van der Waals surface area contributed by atoms with Gasteiger partial charge in [0.15, 0.2) is 0 Å². The predicted molar refractivity (Wildman–Crippen MR) is 90.2 cm³/mol. The first-order chi connectivity index (χ1) is 11.6. The number of urea groups is 1. The van der Waals surface area contributed by atoms with E-state index in [1.54, 1.807) is 24.3 Å². The van der Waals surface area contributed by atoms with Crippen LogP contribution in [0.3, 0.4) is 0 Å². The lowest BCUT2D eigenvalue weighted by molar-refractivity contribution is -0.119. The number of nitrogens with zero attached hydrogens (tertiary/aromatic N) is 1. The third-order valence-electron chi connectivity index (χ3n) is 3.97. The Labute approximate surface area is 139 Å². The number of hydrogen-bond donors (Lipinski definition) is 2. The molecular formula is C18H18FN3O2. The van der Waals surface area contributed by atoms with Crippen LogP contribution < -0.4 is 10.6 Å². The summed E-state index contributed by atoms with van der Waals surface area (Å²) >= 11 is 0. The molecule has 3 rings (SSSR count). The van der Waals surface area contributed by atoms with Crippen LogP contribution in [-0.4, -0.2) is 29.4 Å². The number of carbonyl (C=O) groups is 2. The average molecular weight is 327 g/mol. The summed E-state index contributed by atoms with van der Waals surface area (Å²) in [5.74, 6) is -0.738. The van der Waals surface area contributed by atoms with Gasteiger partial charge >= 0.3 is 6.03 Å². The van der Waals surface area contributed by atoms with E-state index in [1.807, 2.05) is 18.2 Å². The average Bonchev–Trinajstić information content (AvgIpc) is 3.08. The second kappa shape index (κ2) is 7.12. The molecule has 2 N–H and O–H groups in total. The van der Waals surface area contributed by atoms with Gasteiger partial charge in [0.2, 0.25) is 5.91 Å². The number of carbonyl (C=O) groups excluding carboxylic acids is 2. The Balaban J connectivity index is 1.67. The first kappa shape index (κ1) is 16.0. The van der Waals surface area contributed by atoms with Crippen LogP contribution in [0.15, 0.2) is 54.6 Å². The zero-order valence-corrected chi connectivity index (χ0v) is 13.0. The molecule has 0 radical (unpaired) electrons. The summed E-state index contributed by atoms with van der Waals surface area (Å²) < 4.78 is 13.7. The molecule has 1 saturated heterocycles. The van der Waals surface area contributed by atoms with Crippen molar-refractivity contribution in [2.45, 2.75) is 18.9 Å². The minimum Gasteiger partial charge on any atom is -0.324 e. The van der Waals surface area contributed by atoms with Crippen molar-refractivity contribution < 1.29 is 14.0 Å². The van der Waals surface area contributed by atoms with Gasteiger partial charge in [0.05, 0.1) is 5.69 Å². The second-order valence-corrected chi connectivity index (χ2v) is 5.62. The number of rotatable bonds is 3. The van der Waals surface area contributed by atoms with Gasteiger partial charge in [-0.25, -0.2) is 9.18 Å². The predicted octanol–water partition coefficient (Wildman–Crippen LogP) is 3.46. The molecule has 24 heavy (non-hydrogen) atoms. The molecule has 1 unspecified atom stereocenters. The molecule has 5 nitrogen and oxygen atoms in total. The van der Waals surface area contributed by atoms with E-state index in [2.05, 4.69) is 10.6 Å². The maximum Gasteiger partial charge on any atom is 0.322 e. The SMILES string of the molecule is O=C(Nc1ccccc1)C1CCCN1C(=O)Nc1ccccc1F. The molecule has 0 spiro atoms. The topological polar surface area (TPSA) is 61.4 Å². The molecule has 124 valence electrons. The maximum atomic E-state index is 13.7. The fourth-order valence-electron chi connectivity index (χ4n) is 2.78. The van der Waals surface area contributed by atoms with Crippen LogP contribution >= 0.6 is 0 Å². The van der Waals surface area contributed by atoms with Crippen molar-refractivity contribution in [2.75, 3.05) is 17.2 Å². The normalized spacial score (nSPS) is 16.7. The van der Waals surface area contributed by atoms with E-state index in [1.165, 1.54) is 17.0 Å². The monoisotopic (exact) mass is 327 g/mol. The number of nitrogens with one attached hydrogen (secondary N) is 2. The smallest absolute Gasteiger partial charge is 0.322 e. The van der Waals surface area contributed by atoms with E-state index >= 15 is 0 Å². The molecule has 1 fully saturated rings. The third kappa shape index (κ3) is 3.53. The Morgan fingerprint density at radius 3 is 2.46 bits per heavy atom. The van der Waals surface area contributed by atoms with Crippen LogP contribution in [0.25, 0.3) is 0 Å². The van der Waals surface area contributed by atoms with Crippen LogP contribution in [0, 0.1) is 5.82 Å². The van der Waals surface area contributed by atoms with Gasteiger partial charge in [-0.15, -0.1) is 0 Å². The molecule has 0 aliphatic carbocycles. The third-order valence-corrected chi connectivity index (χ3v) is 3.97. The fraction of sp³-hybridized carbons (Fsp3) is 0.222. The maximum absolute atomic E-state index is 13.7. The molecule has 1 heterocycles. The molecule has 0 aromatic heterocycles. The molecule has 6 heteroatoms. The standard InChI is InChI=1S/C18H18FN3O2/c19-14-9-4-5-10-15(14)21-18(24)22-12-6-11-16(22)17(23)20-13-7-2-1-3-8-13/h1-5,7-10,16H,6,11-12H2,(H,20,23)(H,21,24). The van der Waals surface area contributed by atoms with Gasteiger partial charge in [-0.1, -0.05) is 30.3 Å². The Morgan fingerprint density at radius 2 is 1.71 bits per heavy atom. The number of likely N-dealkylation sites (tertiary alicyclic amines) is 1. The minimum absolute atomic E-state index is 0.108. The van der Waals surface area contributed by atoms with Crippen molar-refractivity contribution in [3.63, 3.8) is 0 Å². The highest BCUT2D eigenvalue weighted by molar-refractivity contribution is 5.99. The van der Waals surface area contributed by atoms with E-state index < -0.39 is 17.9 Å².